The predicted octanol–water partition coefficient (Wildman–Crippen LogP) is 4.09. The molecule has 1 amide bonds. The number of para-hydroxylation sites is 2. The second-order valence-electron chi connectivity index (χ2n) is 10.7. The van der Waals surface area contributed by atoms with Gasteiger partial charge >= 0.3 is 0 Å². The highest BCUT2D eigenvalue weighted by Gasteiger charge is 2.46. The van der Waals surface area contributed by atoms with Crippen molar-refractivity contribution in [2.75, 3.05) is 40.9 Å². The number of nitrogens with zero attached hydrogens (tertiary/aromatic N) is 6. The number of aromatic nitrogens is 2. The van der Waals surface area contributed by atoms with Crippen LogP contribution in [-0.4, -0.2) is 47.9 Å². The van der Waals surface area contributed by atoms with Gasteiger partial charge in [0, 0.05) is 39.1 Å². The number of amides is 1. The molecular formula is C30H35N7O. The molecule has 2 aromatic carbocycles. The second kappa shape index (κ2) is 9.20. The number of anilines is 3. The summed E-state index contributed by atoms with van der Waals surface area (Å²) in [7, 11) is 0. The Kier molecular flexibility index (Phi) is 5.94. The molecule has 38 heavy (non-hydrogen) atoms. The summed E-state index contributed by atoms with van der Waals surface area (Å²) in [4.78, 5) is 33.3. The molecule has 1 saturated heterocycles. The average Bonchev–Trinajstić information content (AvgIpc) is 3.47. The Bertz CT molecular complexity index is 1430. The van der Waals surface area contributed by atoms with E-state index in [1.165, 1.54) is 11.1 Å². The first-order chi connectivity index (χ1) is 18.0. The third kappa shape index (κ3) is 3.69. The normalized spacial score (nSPS) is 20.9. The van der Waals surface area contributed by atoms with Crippen molar-refractivity contribution in [3.05, 3.63) is 77.2 Å². The molecule has 4 heterocycles. The molecule has 1 atom stereocenters. The van der Waals surface area contributed by atoms with Crippen LogP contribution in [0.25, 0.3) is 0 Å². The van der Waals surface area contributed by atoms with E-state index in [1.807, 2.05) is 35.4 Å². The summed E-state index contributed by atoms with van der Waals surface area (Å²) in [6.07, 6.45) is 5.09. The van der Waals surface area contributed by atoms with Crippen LogP contribution in [0.15, 0.2) is 59.7 Å². The number of nitrogens with two attached hydrogens (primary N) is 1. The first-order valence-electron chi connectivity index (χ1n) is 13.2. The first kappa shape index (κ1) is 24.6. The van der Waals surface area contributed by atoms with Crippen molar-refractivity contribution >= 4 is 28.9 Å². The van der Waals surface area contributed by atoms with Crippen LogP contribution in [0.1, 0.15) is 55.7 Å². The molecule has 7 rings (SSSR count). The zero-order chi connectivity index (χ0) is 25.1. The molecule has 8 heteroatoms. The van der Waals surface area contributed by atoms with E-state index in [-0.39, 0.29) is 24.8 Å². The molecule has 8 nitrogen and oxygen atoms in total. The summed E-state index contributed by atoms with van der Waals surface area (Å²) in [6, 6.07) is 16.8. The molecule has 0 unspecified atom stereocenters. The van der Waals surface area contributed by atoms with E-state index in [9.17, 15) is 4.79 Å². The maximum Gasteiger partial charge on any atom is 0.223 e. The summed E-state index contributed by atoms with van der Waals surface area (Å²) in [5.74, 6) is 1.82. The fourth-order valence-corrected chi connectivity index (χ4v) is 6.70. The smallest absolute Gasteiger partial charge is 0.223 e. The van der Waals surface area contributed by atoms with Crippen molar-refractivity contribution in [2.45, 2.75) is 46.2 Å². The summed E-state index contributed by atoms with van der Waals surface area (Å²) in [6.45, 7) is 5.30. The van der Waals surface area contributed by atoms with Gasteiger partial charge in [0.25, 0.3) is 0 Å². The van der Waals surface area contributed by atoms with Gasteiger partial charge in [0.15, 0.2) is 5.84 Å². The lowest BCUT2D eigenvalue weighted by Gasteiger charge is -2.42. The second-order valence-corrected chi connectivity index (χ2v) is 10.7. The standard InChI is InChI=1S/C29H31N7O.CH4/c1-19(37)35-14-15-36(24-9-5-4-8-23(24)35)28-26-22(17-32-28)33-25(18-31-26)34-12-10-29(11-13-34)16-20-6-2-3-7-21(20)27(29)30;/h2-9,18,27H,10-17,30H2,1H3;1H4/t27-;/m1./s1. The molecule has 196 valence electrons. The van der Waals surface area contributed by atoms with E-state index in [2.05, 4.69) is 34.1 Å². The number of piperidine rings is 1. The molecule has 2 N–H and O–H groups in total. The summed E-state index contributed by atoms with van der Waals surface area (Å²) in [5, 5.41) is 0. The molecule has 3 aromatic rings. The molecule has 0 radical (unpaired) electrons. The van der Waals surface area contributed by atoms with Gasteiger partial charge in [-0.2, -0.15) is 0 Å². The number of carbonyl (C=O) groups is 1. The van der Waals surface area contributed by atoms with Crippen LogP contribution in [0.4, 0.5) is 17.2 Å². The van der Waals surface area contributed by atoms with Crippen molar-refractivity contribution in [1.29, 1.82) is 0 Å². The molecule has 0 bridgehead atoms. The minimum atomic E-state index is 0. The van der Waals surface area contributed by atoms with Crippen LogP contribution in [0.5, 0.6) is 0 Å². The quantitative estimate of drug-likeness (QED) is 0.531. The maximum atomic E-state index is 12.2. The Labute approximate surface area is 224 Å². The highest BCUT2D eigenvalue weighted by Crippen LogP contribution is 2.51. The lowest BCUT2D eigenvalue weighted by Crippen LogP contribution is -2.46. The average molecular weight is 510 g/mol. The van der Waals surface area contributed by atoms with E-state index in [1.54, 1.807) is 6.92 Å². The van der Waals surface area contributed by atoms with Gasteiger partial charge in [-0.1, -0.05) is 43.8 Å². The van der Waals surface area contributed by atoms with Crippen molar-refractivity contribution < 1.29 is 4.79 Å². The molecule has 3 aliphatic heterocycles. The van der Waals surface area contributed by atoms with Crippen LogP contribution < -0.4 is 20.4 Å². The van der Waals surface area contributed by atoms with Gasteiger partial charge in [0.1, 0.15) is 11.5 Å². The summed E-state index contributed by atoms with van der Waals surface area (Å²) in [5.41, 5.74) is 13.3. The summed E-state index contributed by atoms with van der Waals surface area (Å²) >= 11 is 0. The van der Waals surface area contributed by atoms with Crippen LogP contribution in [0, 0.1) is 5.41 Å². The van der Waals surface area contributed by atoms with Gasteiger partial charge in [-0.3, -0.25) is 9.79 Å². The number of aliphatic imine (C=N–C) groups is 1. The van der Waals surface area contributed by atoms with Gasteiger partial charge in [-0.25, -0.2) is 9.97 Å². The third-order valence-corrected chi connectivity index (χ3v) is 8.74. The van der Waals surface area contributed by atoms with Gasteiger partial charge in [0.05, 0.1) is 29.8 Å². The number of carbonyl (C=O) groups excluding carboxylic acids is 1. The van der Waals surface area contributed by atoms with Crippen molar-refractivity contribution in [1.82, 2.24) is 9.97 Å². The lowest BCUT2D eigenvalue weighted by molar-refractivity contribution is -0.116. The zero-order valence-corrected chi connectivity index (χ0v) is 21.1. The number of fused-ring (bicyclic) bond motifs is 3. The minimum Gasteiger partial charge on any atom is -0.355 e. The van der Waals surface area contributed by atoms with E-state index in [4.69, 9.17) is 20.7 Å². The highest BCUT2D eigenvalue weighted by molar-refractivity contribution is 6.13. The van der Waals surface area contributed by atoms with Gasteiger partial charge in [0.2, 0.25) is 5.91 Å². The fraction of sp³-hybridized carbons (Fsp3) is 0.400. The lowest BCUT2D eigenvalue weighted by atomic mass is 9.73. The Morgan fingerprint density at radius 1 is 1.00 bits per heavy atom. The van der Waals surface area contributed by atoms with Gasteiger partial charge in [-0.15, -0.1) is 0 Å². The van der Waals surface area contributed by atoms with Crippen LogP contribution in [0.2, 0.25) is 0 Å². The van der Waals surface area contributed by atoms with Gasteiger partial charge < -0.3 is 20.4 Å². The number of hydrogen-bond donors (Lipinski definition) is 1. The van der Waals surface area contributed by atoms with Crippen LogP contribution in [0.3, 0.4) is 0 Å². The van der Waals surface area contributed by atoms with E-state index < -0.39 is 0 Å². The molecular weight excluding hydrogens is 474 g/mol. The van der Waals surface area contributed by atoms with Crippen molar-refractivity contribution in [3.8, 4) is 0 Å². The summed E-state index contributed by atoms with van der Waals surface area (Å²) < 4.78 is 0. The largest absolute Gasteiger partial charge is 0.355 e. The monoisotopic (exact) mass is 509 g/mol. The zero-order valence-electron chi connectivity index (χ0n) is 21.1. The number of hydrogen-bond acceptors (Lipinski definition) is 7. The molecule has 1 aliphatic carbocycles. The van der Waals surface area contributed by atoms with Crippen molar-refractivity contribution in [3.63, 3.8) is 0 Å². The molecule has 0 saturated carbocycles. The Morgan fingerprint density at radius 3 is 2.50 bits per heavy atom. The fourth-order valence-electron chi connectivity index (χ4n) is 6.70. The molecule has 4 aliphatic rings. The Morgan fingerprint density at radius 2 is 1.74 bits per heavy atom. The highest BCUT2D eigenvalue weighted by atomic mass is 16.2. The minimum absolute atomic E-state index is 0. The van der Waals surface area contributed by atoms with E-state index >= 15 is 0 Å². The van der Waals surface area contributed by atoms with Crippen LogP contribution >= 0.6 is 0 Å². The van der Waals surface area contributed by atoms with Gasteiger partial charge in [-0.05, 0) is 47.9 Å². The van der Waals surface area contributed by atoms with Crippen LogP contribution in [-0.2, 0) is 17.8 Å². The Balaban J connectivity index is 0.00000264. The Hall–Kier alpha value is -3.78. The third-order valence-electron chi connectivity index (χ3n) is 8.74. The topological polar surface area (TPSA) is 91.0 Å². The van der Waals surface area contributed by atoms with Crippen molar-refractivity contribution in [2.24, 2.45) is 16.1 Å². The maximum absolute atomic E-state index is 12.2. The number of rotatable bonds is 1. The molecule has 1 fully saturated rings. The predicted molar refractivity (Wildman–Crippen MR) is 152 cm³/mol. The molecule has 1 aromatic heterocycles. The number of amidine groups is 1. The first-order valence-corrected chi connectivity index (χ1v) is 13.2. The molecule has 1 spiro atoms. The number of benzene rings is 2. The van der Waals surface area contributed by atoms with E-state index in [0.717, 1.165) is 66.8 Å². The SMILES string of the molecule is C.CC(=O)N1CCN(C2=NCc3nc(N4CCC5(CC4)Cc4ccccc4[C@H]5N)cnc32)c2ccccc21. The van der Waals surface area contributed by atoms with E-state index in [0.29, 0.717) is 19.6 Å².